The monoisotopic (exact) mass is 244 g/mol. The van der Waals surface area contributed by atoms with Gasteiger partial charge in [-0.25, -0.2) is 4.98 Å². The van der Waals surface area contributed by atoms with Crippen LogP contribution in [0.15, 0.2) is 48.7 Å². The molecule has 4 heteroatoms. The van der Waals surface area contributed by atoms with Gasteiger partial charge in [0.2, 0.25) is 5.88 Å². The number of aliphatic hydroxyl groups excluding tert-OH is 1. The molecule has 1 aromatic carbocycles. The van der Waals surface area contributed by atoms with E-state index in [-0.39, 0.29) is 0 Å². The molecule has 0 saturated heterocycles. The second-order valence-electron chi connectivity index (χ2n) is 3.90. The molecule has 1 aromatic heterocycles. The lowest BCUT2D eigenvalue weighted by atomic mass is 10.1. The Labute approximate surface area is 106 Å². The lowest BCUT2D eigenvalue weighted by Gasteiger charge is -2.13. The van der Waals surface area contributed by atoms with Crippen molar-refractivity contribution in [1.82, 2.24) is 4.98 Å². The number of rotatable bonds is 5. The van der Waals surface area contributed by atoms with Gasteiger partial charge in [0.15, 0.2) is 0 Å². The summed E-state index contributed by atoms with van der Waals surface area (Å²) in [5.41, 5.74) is 1.75. The first kappa shape index (κ1) is 12.4. The van der Waals surface area contributed by atoms with Crippen molar-refractivity contribution in [2.75, 3.05) is 19.0 Å². The maximum absolute atomic E-state index is 9.97. The zero-order valence-electron chi connectivity index (χ0n) is 10.2. The Balaban J connectivity index is 1.91. The molecule has 0 radical (unpaired) electrons. The molecule has 0 bridgehead atoms. The summed E-state index contributed by atoms with van der Waals surface area (Å²) in [6.45, 7) is 0.442. The minimum absolute atomic E-state index is 0.442. The molecule has 2 N–H and O–H groups in total. The summed E-state index contributed by atoms with van der Waals surface area (Å²) in [6.07, 6.45) is 1.14. The molecular formula is C14H16N2O2. The van der Waals surface area contributed by atoms with Crippen molar-refractivity contribution in [3.8, 4) is 5.88 Å². The van der Waals surface area contributed by atoms with E-state index < -0.39 is 6.10 Å². The molecule has 1 atom stereocenters. The maximum atomic E-state index is 9.97. The molecular weight excluding hydrogens is 228 g/mol. The van der Waals surface area contributed by atoms with E-state index in [2.05, 4.69) is 10.3 Å². The van der Waals surface area contributed by atoms with Gasteiger partial charge in [-0.3, -0.25) is 0 Å². The fourth-order valence-electron chi connectivity index (χ4n) is 1.61. The first-order valence-corrected chi connectivity index (χ1v) is 5.76. The summed E-state index contributed by atoms with van der Waals surface area (Å²) in [5, 5.41) is 13.1. The van der Waals surface area contributed by atoms with Gasteiger partial charge < -0.3 is 15.2 Å². The van der Waals surface area contributed by atoms with Crippen LogP contribution >= 0.6 is 0 Å². The number of aliphatic hydroxyl groups is 1. The molecule has 0 amide bonds. The predicted molar refractivity (Wildman–Crippen MR) is 70.7 cm³/mol. The van der Waals surface area contributed by atoms with Gasteiger partial charge in [-0.1, -0.05) is 30.3 Å². The number of anilines is 1. The standard InChI is InChI=1S/C14H16N2O2/c1-18-14-8-7-12(9-16-14)15-10-13(17)11-5-3-2-4-6-11/h2-9,13,15,17H,10H2,1H3. The molecule has 2 aromatic rings. The maximum Gasteiger partial charge on any atom is 0.213 e. The molecule has 0 spiro atoms. The summed E-state index contributed by atoms with van der Waals surface area (Å²) in [6, 6.07) is 13.2. The van der Waals surface area contributed by atoms with Crippen molar-refractivity contribution in [3.63, 3.8) is 0 Å². The van der Waals surface area contributed by atoms with Crippen LogP contribution in [0, 0.1) is 0 Å². The molecule has 0 saturated carbocycles. The fraction of sp³-hybridized carbons (Fsp3) is 0.214. The Morgan fingerprint density at radius 1 is 1.22 bits per heavy atom. The second kappa shape index (κ2) is 6.02. The number of methoxy groups -OCH3 is 1. The topological polar surface area (TPSA) is 54.4 Å². The normalized spacial score (nSPS) is 11.9. The van der Waals surface area contributed by atoms with E-state index in [0.717, 1.165) is 11.3 Å². The van der Waals surface area contributed by atoms with Gasteiger partial charge in [-0.2, -0.15) is 0 Å². The van der Waals surface area contributed by atoms with E-state index in [1.165, 1.54) is 0 Å². The Morgan fingerprint density at radius 2 is 2.00 bits per heavy atom. The van der Waals surface area contributed by atoms with E-state index in [0.29, 0.717) is 12.4 Å². The molecule has 94 valence electrons. The highest BCUT2D eigenvalue weighted by molar-refractivity contribution is 5.42. The van der Waals surface area contributed by atoms with Crippen LogP contribution in [-0.4, -0.2) is 23.7 Å². The number of hydrogen-bond donors (Lipinski definition) is 2. The zero-order chi connectivity index (χ0) is 12.8. The summed E-state index contributed by atoms with van der Waals surface area (Å²) < 4.78 is 4.98. The smallest absolute Gasteiger partial charge is 0.213 e. The molecule has 0 aliphatic rings. The van der Waals surface area contributed by atoms with Crippen LogP contribution in [-0.2, 0) is 0 Å². The quantitative estimate of drug-likeness (QED) is 0.847. The number of ether oxygens (including phenoxy) is 1. The van der Waals surface area contributed by atoms with E-state index in [4.69, 9.17) is 4.74 Å². The molecule has 1 heterocycles. The van der Waals surface area contributed by atoms with Crippen LogP contribution in [0.25, 0.3) is 0 Å². The molecule has 18 heavy (non-hydrogen) atoms. The zero-order valence-corrected chi connectivity index (χ0v) is 10.2. The molecule has 1 unspecified atom stereocenters. The number of benzene rings is 1. The van der Waals surface area contributed by atoms with Crippen molar-refractivity contribution in [2.45, 2.75) is 6.10 Å². The van der Waals surface area contributed by atoms with Crippen molar-refractivity contribution >= 4 is 5.69 Å². The summed E-state index contributed by atoms with van der Waals surface area (Å²) in [5.74, 6) is 0.573. The number of nitrogens with zero attached hydrogens (tertiary/aromatic N) is 1. The van der Waals surface area contributed by atoms with Crippen molar-refractivity contribution in [3.05, 3.63) is 54.2 Å². The minimum Gasteiger partial charge on any atom is -0.481 e. The lowest BCUT2D eigenvalue weighted by Crippen LogP contribution is -2.12. The third kappa shape index (κ3) is 3.21. The number of nitrogens with one attached hydrogen (secondary N) is 1. The molecule has 4 nitrogen and oxygen atoms in total. The van der Waals surface area contributed by atoms with Gasteiger partial charge in [-0.05, 0) is 11.6 Å². The largest absolute Gasteiger partial charge is 0.481 e. The van der Waals surface area contributed by atoms with Crippen LogP contribution in [0.1, 0.15) is 11.7 Å². The van der Waals surface area contributed by atoms with Gasteiger partial charge in [0.1, 0.15) is 0 Å². The van der Waals surface area contributed by atoms with Crippen LogP contribution in [0.5, 0.6) is 5.88 Å². The van der Waals surface area contributed by atoms with E-state index in [1.807, 2.05) is 36.4 Å². The predicted octanol–water partition coefficient (Wildman–Crippen LogP) is 2.24. The Bertz CT molecular complexity index is 471. The minimum atomic E-state index is -0.534. The highest BCUT2D eigenvalue weighted by atomic mass is 16.5. The van der Waals surface area contributed by atoms with E-state index in [1.54, 1.807) is 19.4 Å². The highest BCUT2D eigenvalue weighted by Gasteiger charge is 2.06. The van der Waals surface area contributed by atoms with Crippen LogP contribution in [0.4, 0.5) is 5.69 Å². The lowest BCUT2D eigenvalue weighted by molar-refractivity contribution is 0.191. The number of aromatic nitrogens is 1. The molecule has 0 aliphatic carbocycles. The summed E-state index contributed by atoms with van der Waals surface area (Å²) in [4.78, 5) is 4.08. The average molecular weight is 244 g/mol. The van der Waals surface area contributed by atoms with Gasteiger partial charge in [0.25, 0.3) is 0 Å². The molecule has 0 aliphatic heterocycles. The van der Waals surface area contributed by atoms with Gasteiger partial charge in [0.05, 0.1) is 25.1 Å². The van der Waals surface area contributed by atoms with Crippen molar-refractivity contribution in [1.29, 1.82) is 0 Å². The Kier molecular flexibility index (Phi) is 4.15. The van der Waals surface area contributed by atoms with Crippen molar-refractivity contribution in [2.24, 2.45) is 0 Å². The Morgan fingerprint density at radius 3 is 2.61 bits per heavy atom. The third-order valence-electron chi connectivity index (χ3n) is 2.63. The van der Waals surface area contributed by atoms with E-state index >= 15 is 0 Å². The highest BCUT2D eigenvalue weighted by Crippen LogP contribution is 2.15. The number of pyridine rings is 1. The van der Waals surface area contributed by atoms with Crippen molar-refractivity contribution < 1.29 is 9.84 Å². The van der Waals surface area contributed by atoms with Gasteiger partial charge in [-0.15, -0.1) is 0 Å². The first-order chi connectivity index (χ1) is 8.79. The van der Waals surface area contributed by atoms with Gasteiger partial charge in [0, 0.05) is 12.6 Å². The van der Waals surface area contributed by atoms with Crippen LogP contribution < -0.4 is 10.1 Å². The Hall–Kier alpha value is -2.07. The first-order valence-electron chi connectivity index (χ1n) is 5.76. The SMILES string of the molecule is COc1ccc(NCC(O)c2ccccc2)cn1. The van der Waals surface area contributed by atoms with Crippen LogP contribution in [0.3, 0.4) is 0 Å². The van der Waals surface area contributed by atoms with Crippen LogP contribution in [0.2, 0.25) is 0 Å². The summed E-state index contributed by atoms with van der Waals surface area (Å²) in [7, 11) is 1.58. The second-order valence-corrected chi connectivity index (χ2v) is 3.90. The molecule has 0 fully saturated rings. The van der Waals surface area contributed by atoms with Gasteiger partial charge >= 0.3 is 0 Å². The van der Waals surface area contributed by atoms with E-state index in [9.17, 15) is 5.11 Å². The summed E-state index contributed by atoms with van der Waals surface area (Å²) >= 11 is 0. The fourth-order valence-corrected chi connectivity index (χ4v) is 1.61. The molecule has 2 rings (SSSR count). The third-order valence-corrected chi connectivity index (χ3v) is 2.63. The number of hydrogen-bond acceptors (Lipinski definition) is 4. The average Bonchev–Trinajstić information content (AvgIpc) is 2.46.